The van der Waals surface area contributed by atoms with E-state index < -0.39 is 16.9 Å². The molecule has 10 nitrogen and oxygen atoms in total. The first-order valence-corrected chi connectivity index (χ1v) is 11.5. The molecule has 1 aliphatic heterocycles. The van der Waals surface area contributed by atoms with Crippen molar-refractivity contribution in [1.82, 2.24) is 9.80 Å². The molecule has 1 aromatic carbocycles. The lowest BCUT2D eigenvalue weighted by Crippen LogP contribution is -2.60. The molecule has 0 aromatic heterocycles. The van der Waals surface area contributed by atoms with E-state index in [-0.39, 0.29) is 11.6 Å². The second-order valence-corrected chi connectivity index (χ2v) is 9.66. The standard InChI is InChI=1S/C21H27N3O3.C2H2O4/c25-21(16-1-3-19(4-2-16)24(26)27)23-7-5-22(6-8-23)20-17-10-14-9-15(12-17)13-18(20)11-14;3-1(4)2(5)6/h1-4,14-15,17-18,20H,5-13H2;(H,3,4)(H,5,6). The monoisotopic (exact) mass is 459 g/mol. The maximum Gasteiger partial charge on any atom is 0.414 e. The lowest BCUT2D eigenvalue weighted by Gasteiger charge is -2.58. The van der Waals surface area contributed by atoms with Crippen LogP contribution in [-0.4, -0.2) is 75.0 Å². The van der Waals surface area contributed by atoms with Crippen molar-refractivity contribution in [3.05, 3.63) is 39.9 Å². The molecule has 4 saturated carbocycles. The van der Waals surface area contributed by atoms with Gasteiger partial charge in [0.1, 0.15) is 0 Å². The van der Waals surface area contributed by atoms with Gasteiger partial charge in [0.05, 0.1) is 4.92 Å². The van der Waals surface area contributed by atoms with Gasteiger partial charge < -0.3 is 15.1 Å². The van der Waals surface area contributed by atoms with Gasteiger partial charge in [-0.05, 0) is 67.9 Å². The number of carboxylic acid groups (broad SMARTS) is 2. The Bertz CT molecular complexity index is 884. The summed E-state index contributed by atoms with van der Waals surface area (Å²) in [7, 11) is 0. The van der Waals surface area contributed by atoms with Gasteiger partial charge in [-0.1, -0.05) is 0 Å². The number of non-ortho nitro benzene ring substituents is 1. The molecule has 5 fully saturated rings. The molecule has 6 rings (SSSR count). The van der Waals surface area contributed by atoms with Crippen LogP contribution < -0.4 is 0 Å². The summed E-state index contributed by atoms with van der Waals surface area (Å²) < 4.78 is 0. The first-order valence-electron chi connectivity index (χ1n) is 11.5. The number of hydrogen-bond donors (Lipinski definition) is 2. The molecule has 4 aliphatic carbocycles. The summed E-state index contributed by atoms with van der Waals surface area (Å²) in [5.41, 5.74) is 0.571. The van der Waals surface area contributed by atoms with Gasteiger partial charge in [-0.25, -0.2) is 9.59 Å². The van der Waals surface area contributed by atoms with Gasteiger partial charge in [-0.3, -0.25) is 19.8 Å². The molecule has 33 heavy (non-hydrogen) atoms. The minimum atomic E-state index is -1.82. The van der Waals surface area contributed by atoms with E-state index >= 15 is 0 Å². The number of nitrogens with zero attached hydrogens (tertiary/aromatic N) is 3. The molecular weight excluding hydrogens is 430 g/mol. The highest BCUT2D eigenvalue weighted by Crippen LogP contribution is 2.55. The average molecular weight is 459 g/mol. The smallest absolute Gasteiger partial charge is 0.414 e. The largest absolute Gasteiger partial charge is 0.473 e. The Morgan fingerprint density at radius 2 is 1.30 bits per heavy atom. The molecule has 0 spiro atoms. The van der Waals surface area contributed by atoms with Crippen LogP contribution in [0.4, 0.5) is 5.69 Å². The number of carboxylic acids is 2. The lowest BCUT2D eigenvalue weighted by atomic mass is 9.54. The van der Waals surface area contributed by atoms with E-state index in [1.807, 2.05) is 4.90 Å². The van der Waals surface area contributed by atoms with Gasteiger partial charge >= 0.3 is 11.9 Å². The van der Waals surface area contributed by atoms with E-state index in [9.17, 15) is 14.9 Å². The van der Waals surface area contributed by atoms with Crippen LogP contribution in [0.25, 0.3) is 0 Å². The molecular formula is C23H29N3O7. The zero-order valence-electron chi connectivity index (χ0n) is 18.3. The molecule has 4 bridgehead atoms. The molecule has 1 saturated heterocycles. The fraction of sp³-hybridized carbons (Fsp3) is 0.609. The Kier molecular flexibility index (Phi) is 6.64. The number of aliphatic carboxylic acids is 2. The van der Waals surface area contributed by atoms with Crippen LogP contribution in [0.1, 0.15) is 42.5 Å². The molecule has 1 amide bonds. The lowest BCUT2D eigenvalue weighted by molar-refractivity contribution is -0.384. The summed E-state index contributed by atoms with van der Waals surface area (Å²) >= 11 is 0. The van der Waals surface area contributed by atoms with Crippen molar-refractivity contribution in [2.75, 3.05) is 26.2 Å². The van der Waals surface area contributed by atoms with Crippen LogP contribution in [0.5, 0.6) is 0 Å². The van der Waals surface area contributed by atoms with Gasteiger partial charge in [0, 0.05) is 49.9 Å². The van der Waals surface area contributed by atoms with Crippen molar-refractivity contribution < 1.29 is 29.5 Å². The number of amides is 1. The van der Waals surface area contributed by atoms with Crippen LogP contribution in [0.3, 0.4) is 0 Å². The van der Waals surface area contributed by atoms with Crippen molar-refractivity contribution in [2.24, 2.45) is 23.7 Å². The summed E-state index contributed by atoms with van der Waals surface area (Å²) in [6.07, 6.45) is 7.20. The first kappa shape index (κ1) is 23.2. The summed E-state index contributed by atoms with van der Waals surface area (Å²) in [6.45, 7) is 3.45. The van der Waals surface area contributed by atoms with Crippen LogP contribution in [0, 0.1) is 33.8 Å². The van der Waals surface area contributed by atoms with E-state index in [1.54, 1.807) is 12.1 Å². The van der Waals surface area contributed by atoms with Crippen LogP contribution in [0.2, 0.25) is 0 Å². The fourth-order valence-electron chi connectivity index (χ4n) is 6.62. The Morgan fingerprint density at radius 3 is 1.73 bits per heavy atom. The van der Waals surface area contributed by atoms with E-state index in [4.69, 9.17) is 19.8 Å². The van der Waals surface area contributed by atoms with Crippen molar-refractivity contribution >= 4 is 23.5 Å². The molecule has 178 valence electrons. The highest BCUT2D eigenvalue weighted by atomic mass is 16.6. The number of rotatable bonds is 3. The first-order chi connectivity index (χ1) is 15.7. The van der Waals surface area contributed by atoms with Gasteiger partial charge in [0.15, 0.2) is 0 Å². The van der Waals surface area contributed by atoms with Crippen LogP contribution >= 0.6 is 0 Å². The number of benzene rings is 1. The zero-order chi connectivity index (χ0) is 23.7. The van der Waals surface area contributed by atoms with Gasteiger partial charge in [-0.15, -0.1) is 0 Å². The molecule has 10 heteroatoms. The summed E-state index contributed by atoms with van der Waals surface area (Å²) in [6, 6.07) is 6.72. The van der Waals surface area contributed by atoms with E-state index in [0.29, 0.717) is 5.56 Å². The number of nitro benzene ring substituents is 1. The number of hydrogen-bond acceptors (Lipinski definition) is 6. The molecule has 0 unspecified atom stereocenters. The summed E-state index contributed by atoms with van der Waals surface area (Å²) in [5, 5.41) is 25.6. The zero-order valence-corrected chi connectivity index (χ0v) is 18.3. The normalized spacial score (nSPS) is 30.3. The maximum absolute atomic E-state index is 12.7. The second kappa shape index (κ2) is 9.46. The summed E-state index contributed by atoms with van der Waals surface area (Å²) in [5.74, 6) is 0.110. The van der Waals surface area contributed by atoms with Gasteiger partial charge in [0.25, 0.3) is 11.6 Å². The number of carbonyl (C=O) groups is 3. The minimum Gasteiger partial charge on any atom is -0.473 e. The maximum atomic E-state index is 12.7. The fourth-order valence-corrected chi connectivity index (χ4v) is 6.62. The Morgan fingerprint density at radius 1 is 0.818 bits per heavy atom. The van der Waals surface area contributed by atoms with Gasteiger partial charge in [-0.2, -0.15) is 0 Å². The summed E-state index contributed by atoms with van der Waals surface area (Å²) in [4.78, 5) is 45.9. The number of piperazine rings is 1. The molecule has 0 atom stereocenters. The Balaban J connectivity index is 0.000000385. The number of carbonyl (C=O) groups excluding carboxylic acids is 1. The molecule has 5 aliphatic rings. The van der Waals surface area contributed by atoms with E-state index in [0.717, 1.165) is 55.9 Å². The van der Waals surface area contributed by atoms with E-state index in [2.05, 4.69) is 4.90 Å². The number of nitro groups is 1. The third-order valence-electron chi connectivity index (χ3n) is 7.71. The quantitative estimate of drug-likeness (QED) is 0.399. The highest BCUT2D eigenvalue weighted by molar-refractivity contribution is 6.27. The Labute approximate surface area is 191 Å². The van der Waals surface area contributed by atoms with Crippen LogP contribution in [-0.2, 0) is 9.59 Å². The van der Waals surface area contributed by atoms with Crippen LogP contribution in [0.15, 0.2) is 24.3 Å². The second-order valence-electron chi connectivity index (χ2n) is 9.66. The van der Waals surface area contributed by atoms with Crippen molar-refractivity contribution in [3.63, 3.8) is 0 Å². The minimum absolute atomic E-state index is 0.00497. The Hall–Kier alpha value is -3.01. The molecule has 0 radical (unpaired) electrons. The predicted molar refractivity (Wildman–Crippen MR) is 117 cm³/mol. The van der Waals surface area contributed by atoms with Crippen molar-refractivity contribution in [1.29, 1.82) is 0 Å². The molecule has 1 heterocycles. The topological polar surface area (TPSA) is 141 Å². The van der Waals surface area contributed by atoms with E-state index in [1.165, 1.54) is 44.2 Å². The molecule has 2 N–H and O–H groups in total. The highest BCUT2D eigenvalue weighted by Gasteiger charge is 2.50. The SMILES string of the molecule is O=C(O)C(=O)O.O=C(c1ccc([N+](=O)[O-])cc1)N1CCN(C2C3CC4CC(C3)CC2C4)CC1. The predicted octanol–water partition coefficient (Wildman–Crippen LogP) is 2.33. The van der Waals surface area contributed by atoms with Crippen molar-refractivity contribution in [3.8, 4) is 0 Å². The third-order valence-corrected chi connectivity index (χ3v) is 7.71. The third kappa shape index (κ3) is 5.00. The molecule has 1 aromatic rings. The van der Waals surface area contributed by atoms with Crippen molar-refractivity contribution in [2.45, 2.75) is 38.1 Å². The van der Waals surface area contributed by atoms with Gasteiger partial charge in [0.2, 0.25) is 0 Å². The average Bonchev–Trinajstić information content (AvgIpc) is 2.79.